The SMILES string of the molecule is CC(C)CC(N)C(=O)N(CC#N)c1nscc1-c1ccc(C(=O)CN(C)C)cc1. The topological polar surface area (TPSA) is 103 Å². The Kier molecular flexibility index (Phi) is 8.02. The number of carbonyl (C=O) groups is 2. The number of benzene rings is 1. The summed E-state index contributed by atoms with van der Waals surface area (Å²) in [5, 5.41) is 11.1. The predicted octanol–water partition coefficient (Wildman–Crippen LogP) is 2.78. The Labute approximate surface area is 175 Å². The zero-order valence-electron chi connectivity index (χ0n) is 17.3. The van der Waals surface area contributed by atoms with Crippen molar-refractivity contribution in [1.29, 1.82) is 5.26 Å². The molecule has 1 aromatic carbocycles. The molecule has 1 heterocycles. The normalized spacial score (nSPS) is 12.1. The van der Waals surface area contributed by atoms with Gasteiger partial charge in [0.25, 0.3) is 0 Å². The average molecular weight is 414 g/mol. The van der Waals surface area contributed by atoms with E-state index in [4.69, 9.17) is 5.73 Å². The molecule has 0 aliphatic rings. The minimum Gasteiger partial charge on any atom is -0.320 e. The summed E-state index contributed by atoms with van der Waals surface area (Å²) in [6, 6.07) is 8.54. The van der Waals surface area contributed by atoms with Crippen LogP contribution in [0.25, 0.3) is 11.1 Å². The van der Waals surface area contributed by atoms with Gasteiger partial charge in [-0.2, -0.15) is 9.64 Å². The number of amides is 1. The minimum atomic E-state index is -0.691. The van der Waals surface area contributed by atoms with Crippen molar-refractivity contribution in [2.24, 2.45) is 11.7 Å². The largest absolute Gasteiger partial charge is 0.320 e. The molecule has 0 saturated carbocycles. The van der Waals surface area contributed by atoms with Gasteiger partial charge in [-0.1, -0.05) is 38.1 Å². The lowest BCUT2D eigenvalue weighted by Gasteiger charge is -2.23. The molecule has 2 N–H and O–H groups in total. The van der Waals surface area contributed by atoms with Crippen molar-refractivity contribution in [3.05, 3.63) is 35.2 Å². The Hall–Kier alpha value is -2.60. The van der Waals surface area contributed by atoms with Gasteiger partial charge in [0.15, 0.2) is 11.6 Å². The van der Waals surface area contributed by atoms with Crippen LogP contribution in [0.15, 0.2) is 29.6 Å². The first-order chi connectivity index (χ1) is 13.7. The fraction of sp³-hybridized carbons (Fsp3) is 0.429. The van der Waals surface area contributed by atoms with E-state index in [2.05, 4.69) is 4.37 Å². The van der Waals surface area contributed by atoms with Gasteiger partial charge >= 0.3 is 0 Å². The van der Waals surface area contributed by atoms with Gasteiger partial charge in [-0.25, -0.2) is 0 Å². The van der Waals surface area contributed by atoms with E-state index in [-0.39, 0.29) is 24.2 Å². The maximum absolute atomic E-state index is 12.9. The van der Waals surface area contributed by atoms with Crippen molar-refractivity contribution in [2.45, 2.75) is 26.3 Å². The molecule has 29 heavy (non-hydrogen) atoms. The van der Waals surface area contributed by atoms with Crippen molar-refractivity contribution in [3.8, 4) is 17.2 Å². The van der Waals surface area contributed by atoms with Crippen LogP contribution in [0.3, 0.4) is 0 Å². The summed E-state index contributed by atoms with van der Waals surface area (Å²) in [6.07, 6.45) is 0.531. The van der Waals surface area contributed by atoms with Crippen molar-refractivity contribution in [3.63, 3.8) is 0 Å². The number of aromatic nitrogens is 1. The molecule has 0 spiro atoms. The highest BCUT2D eigenvalue weighted by Gasteiger charge is 2.27. The number of nitrogens with zero attached hydrogens (tertiary/aromatic N) is 4. The number of rotatable bonds is 9. The molecule has 7 nitrogen and oxygen atoms in total. The lowest BCUT2D eigenvalue weighted by Crippen LogP contribution is -2.45. The second kappa shape index (κ2) is 10.3. The highest BCUT2D eigenvalue weighted by Crippen LogP contribution is 2.32. The van der Waals surface area contributed by atoms with Crippen LogP contribution in [0.4, 0.5) is 5.82 Å². The van der Waals surface area contributed by atoms with Crippen LogP contribution < -0.4 is 10.6 Å². The summed E-state index contributed by atoms with van der Waals surface area (Å²) < 4.78 is 4.36. The van der Waals surface area contributed by atoms with Crippen LogP contribution in [0.1, 0.15) is 30.6 Å². The monoisotopic (exact) mass is 413 g/mol. The van der Waals surface area contributed by atoms with Gasteiger partial charge in [0, 0.05) is 16.5 Å². The summed E-state index contributed by atoms with van der Waals surface area (Å²) in [4.78, 5) is 28.2. The van der Waals surface area contributed by atoms with Gasteiger partial charge in [-0.15, -0.1) is 0 Å². The Morgan fingerprint density at radius 2 is 1.90 bits per heavy atom. The van der Waals surface area contributed by atoms with E-state index in [1.165, 1.54) is 16.4 Å². The Balaban J connectivity index is 2.31. The first kappa shape index (κ1) is 22.7. The molecule has 0 fully saturated rings. The van der Waals surface area contributed by atoms with Crippen LogP contribution in [0, 0.1) is 17.2 Å². The number of nitriles is 1. The zero-order valence-corrected chi connectivity index (χ0v) is 18.1. The van der Waals surface area contributed by atoms with E-state index in [1.807, 2.05) is 56.4 Å². The Bertz CT molecular complexity index is 883. The predicted molar refractivity (Wildman–Crippen MR) is 116 cm³/mol. The Morgan fingerprint density at radius 3 is 2.45 bits per heavy atom. The van der Waals surface area contributed by atoms with Crippen LogP contribution in [0.2, 0.25) is 0 Å². The molecule has 1 amide bonds. The molecule has 2 rings (SSSR count). The third-order valence-corrected chi connectivity index (χ3v) is 4.94. The van der Waals surface area contributed by atoms with Crippen molar-refractivity contribution in [2.75, 3.05) is 32.1 Å². The number of hydrogen-bond acceptors (Lipinski definition) is 7. The van der Waals surface area contributed by atoms with Gasteiger partial charge < -0.3 is 10.6 Å². The number of nitrogens with two attached hydrogens (primary N) is 1. The molecule has 0 aliphatic heterocycles. The van der Waals surface area contributed by atoms with Crippen LogP contribution in [0.5, 0.6) is 0 Å². The zero-order chi connectivity index (χ0) is 21.6. The quantitative estimate of drug-likeness (QED) is 0.501. The number of likely N-dealkylation sites (N-methyl/N-ethyl adjacent to an activating group) is 1. The van der Waals surface area contributed by atoms with Crippen molar-refractivity contribution in [1.82, 2.24) is 9.27 Å². The van der Waals surface area contributed by atoms with E-state index in [9.17, 15) is 14.9 Å². The molecule has 1 aromatic heterocycles. The second-order valence-electron chi connectivity index (χ2n) is 7.61. The van der Waals surface area contributed by atoms with Gasteiger partial charge in [0.2, 0.25) is 5.91 Å². The fourth-order valence-corrected chi connectivity index (χ4v) is 3.67. The van der Waals surface area contributed by atoms with E-state index in [0.717, 1.165) is 11.1 Å². The lowest BCUT2D eigenvalue weighted by atomic mass is 10.0. The van der Waals surface area contributed by atoms with Gasteiger partial charge in [-0.05, 0) is 43.5 Å². The number of anilines is 1. The highest BCUT2D eigenvalue weighted by molar-refractivity contribution is 7.04. The number of hydrogen-bond donors (Lipinski definition) is 1. The number of ketones is 1. The van der Waals surface area contributed by atoms with E-state index in [0.29, 0.717) is 24.3 Å². The van der Waals surface area contributed by atoms with Crippen LogP contribution in [-0.2, 0) is 4.79 Å². The van der Waals surface area contributed by atoms with Crippen LogP contribution >= 0.6 is 11.5 Å². The molecule has 8 heteroatoms. The summed E-state index contributed by atoms with van der Waals surface area (Å²) >= 11 is 1.21. The van der Waals surface area contributed by atoms with Gasteiger partial charge in [0.1, 0.15) is 6.54 Å². The molecule has 1 unspecified atom stereocenters. The third kappa shape index (κ3) is 5.94. The Morgan fingerprint density at radius 1 is 1.24 bits per heavy atom. The van der Waals surface area contributed by atoms with E-state index in [1.54, 1.807) is 12.1 Å². The standard InChI is InChI=1S/C21H27N5O2S/c1-14(2)11-18(23)21(28)26(10-9-22)20-17(13-29-24-20)15-5-7-16(8-6-15)19(27)12-25(3)4/h5-8,13-14,18H,10-12,23H2,1-4H3. The molecular formula is C21H27N5O2S. The average Bonchev–Trinajstić information content (AvgIpc) is 3.14. The van der Waals surface area contributed by atoms with Crippen LogP contribution in [-0.4, -0.2) is 54.2 Å². The first-order valence-electron chi connectivity index (χ1n) is 9.41. The van der Waals surface area contributed by atoms with E-state index < -0.39 is 6.04 Å². The molecular weight excluding hydrogens is 386 g/mol. The highest BCUT2D eigenvalue weighted by atomic mass is 32.1. The maximum atomic E-state index is 12.9. The number of carbonyl (C=O) groups excluding carboxylic acids is 2. The van der Waals surface area contributed by atoms with E-state index >= 15 is 0 Å². The summed E-state index contributed by atoms with van der Waals surface area (Å²) in [7, 11) is 3.70. The number of Topliss-reactive ketones (excluding diaryl/α,β-unsaturated/α-hetero) is 1. The first-order valence-corrected chi connectivity index (χ1v) is 10.2. The molecule has 0 saturated heterocycles. The lowest BCUT2D eigenvalue weighted by molar-refractivity contribution is -0.120. The molecule has 154 valence electrons. The summed E-state index contributed by atoms with van der Waals surface area (Å²) in [5.74, 6) is 0.407. The molecule has 2 aromatic rings. The molecule has 1 atom stereocenters. The minimum absolute atomic E-state index is 0.0335. The third-order valence-electron chi connectivity index (χ3n) is 4.32. The maximum Gasteiger partial charge on any atom is 0.246 e. The van der Waals surface area contributed by atoms with Crippen molar-refractivity contribution >= 4 is 29.0 Å². The van der Waals surface area contributed by atoms with Gasteiger partial charge in [0.05, 0.1) is 18.7 Å². The second-order valence-corrected chi connectivity index (χ2v) is 8.24. The summed E-state index contributed by atoms with van der Waals surface area (Å²) in [5.41, 5.74) is 8.25. The molecule has 0 radical (unpaired) electrons. The smallest absolute Gasteiger partial charge is 0.246 e. The molecule has 0 bridgehead atoms. The van der Waals surface area contributed by atoms with Crippen molar-refractivity contribution < 1.29 is 9.59 Å². The van der Waals surface area contributed by atoms with Gasteiger partial charge in [-0.3, -0.25) is 14.5 Å². The molecule has 0 aliphatic carbocycles. The summed E-state index contributed by atoms with van der Waals surface area (Å²) in [6.45, 7) is 4.20. The fourth-order valence-electron chi connectivity index (χ4n) is 2.97.